The molecule has 0 radical (unpaired) electrons. The van der Waals surface area contributed by atoms with E-state index in [1.165, 1.54) is 0 Å². The lowest BCUT2D eigenvalue weighted by Gasteiger charge is -2.01. The number of rotatable bonds is 1. The second-order valence-electron chi connectivity index (χ2n) is 1.78. The lowest BCUT2D eigenvalue weighted by molar-refractivity contribution is -0.00695. The molecule has 1 heterocycles. The van der Waals surface area contributed by atoms with Crippen LogP contribution in [0.2, 0.25) is 0 Å². The van der Waals surface area contributed by atoms with Crippen molar-refractivity contribution in [2.24, 2.45) is 0 Å². The Labute approximate surface area is 40.3 Å². The van der Waals surface area contributed by atoms with Crippen molar-refractivity contribution in [3.05, 3.63) is 0 Å². The van der Waals surface area contributed by atoms with Crippen molar-refractivity contribution in [2.45, 2.75) is 19.0 Å². The Balaban J connectivity index is 2.36. The first-order chi connectivity index (χ1) is 3.11. The van der Waals surface area contributed by atoms with Gasteiger partial charge in [0.25, 0.3) is 5.92 Å². The molecule has 1 aliphatic heterocycles. The van der Waals surface area contributed by atoms with Crippen LogP contribution in [0.5, 0.6) is 0 Å². The molecule has 3 heteroatoms. The summed E-state index contributed by atoms with van der Waals surface area (Å²) in [6.45, 7) is 1.09. The third kappa shape index (κ3) is 1.09. The minimum Gasteiger partial charge on any atom is -0.367 e. The molecule has 0 aromatic carbocycles. The predicted octanol–water partition coefficient (Wildman–Crippen LogP) is 1.04. The van der Waals surface area contributed by atoms with Gasteiger partial charge in [-0.25, -0.2) is 8.78 Å². The molecule has 0 aliphatic carbocycles. The van der Waals surface area contributed by atoms with Crippen molar-refractivity contribution in [2.75, 3.05) is 6.61 Å². The van der Waals surface area contributed by atoms with E-state index in [1.807, 2.05) is 0 Å². The highest BCUT2D eigenvalue weighted by molar-refractivity contribution is 4.81. The van der Waals surface area contributed by atoms with Crippen molar-refractivity contribution in [1.29, 1.82) is 0 Å². The average molecular weight is 108 g/mol. The van der Waals surface area contributed by atoms with Gasteiger partial charge in [0.2, 0.25) is 0 Å². The minimum absolute atomic E-state index is 0.226. The Bertz CT molecular complexity index is 72.2. The third-order valence-corrected chi connectivity index (χ3v) is 0.899. The molecule has 1 saturated heterocycles. The lowest BCUT2D eigenvalue weighted by atomic mass is 10.3. The van der Waals surface area contributed by atoms with Gasteiger partial charge in [-0.2, -0.15) is 0 Å². The fourth-order valence-electron chi connectivity index (χ4n) is 0.341. The minimum atomic E-state index is -2.61. The summed E-state index contributed by atoms with van der Waals surface area (Å²) in [5, 5.41) is 0. The Morgan fingerprint density at radius 1 is 1.71 bits per heavy atom. The van der Waals surface area contributed by atoms with Gasteiger partial charge < -0.3 is 4.74 Å². The fourth-order valence-corrected chi connectivity index (χ4v) is 0.341. The molecular formula is C4H6F2O. The summed E-state index contributed by atoms with van der Waals surface area (Å²) >= 11 is 0. The van der Waals surface area contributed by atoms with Crippen LogP contribution in [0, 0.1) is 0 Å². The van der Waals surface area contributed by atoms with E-state index >= 15 is 0 Å². The van der Waals surface area contributed by atoms with Crippen LogP contribution in [0.3, 0.4) is 0 Å². The van der Waals surface area contributed by atoms with Crippen LogP contribution in [0.4, 0.5) is 8.78 Å². The van der Waals surface area contributed by atoms with Crippen molar-refractivity contribution in [3.8, 4) is 0 Å². The standard InChI is InChI=1S/C4H6F2O/c1-4(5,6)3-2-7-3/h3H,2H2,1H3/t3-/m1/s1. The van der Waals surface area contributed by atoms with Gasteiger partial charge >= 0.3 is 0 Å². The Hall–Kier alpha value is -0.180. The van der Waals surface area contributed by atoms with Gasteiger partial charge in [0.15, 0.2) is 0 Å². The van der Waals surface area contributed by atoms with E-state index in [1.54, 1.807) is 0 Å². The summed E-state index contributed by atoms with van der Waals surface area (Å²) in [5.41, 5.74) is 0. The van der Waals surface area contributed by atoms with Gasteiger partial charge in [-0.15, -0.1) is 0 Å². The molecule has 1 rings (SSSR count). The summed E-state index contributed by atoms with van der Waals surface area (Å²) in [4.78, 5) is 0. The molecule has 0 bridgehead atoms. The van der Waals surface area contributed by atoms with E-state index < -0.39 is 12.0 Å². The summed E-state index contributed by atoms with van der Waals surface area (Å²) < 4.78 is 27.9. The van der Waals surface area contributed by atoms with E-state index in [0.29, 0.717) is 0 Å². The van der Waals surface area contributed by atoms with Crippen LogP contribution in [0.1, 0.15) is 6.92 Å². The first kappa shape index (κ1) is 4.97. The first-order valence-corrected chi connectivity index (χ1v) is 2.10. The maximum atomic E-state index is 11.8. The molecule has 1 atom stereocenters. The molecule has 0 aromatic heterocycles. The average Bonchev–Trinajstić information content (AvgIpc) is 1.99. The second-order valence-corrected chi connectivity index (χ2v) is 1.78. The number of ether oxygens (including phenoxy) is 1. The number of hydrogen-bond donors (Lipinski definition) is 0. The number of alkyl halides is 2. The zero-order valence-electron chi connectivity index (χ0n) is 3.95. The molecule has 0 saturated carbocycles. The molecule has 42 valence electrons. The third-order valence-electron chi connectivity index (χ3n) is 0.899. The summed E-state index contributed by atoms with van der Waals surface area (Å²) in [6, 6.07) is 0. The Morgan fingerprint density at radius 3 is 2.14 bits per heavy atom. The molecule has 1 fully saturated rings. The van der Waals surface area contributed by atoms with E-state index in [2.05, 4.69) is 4.74 Å². The van der Waals surface area contributed by atoms with Crippen LogP contribution in [-0.4, -0.2) is 18.6 Å². The van der Waals surface area contributed by atoms with Gasteiger partial charge in [0.05, 0.1) is 6.61 Å². The van der Waals surface area contributed by atoms with E-state index in [-0.39, 0.29) is 6.61 Å². The number of halogens is 2. The van der Waals surface area contributed by atoms with Crippen molar-refractivity contribution in [1.82, 2.24) is 0 Å². The monoisotopic (exact) mass is 108 g/mol. The summed E-state index contributed by atoms with van der Waals surface area (Å²) in [6.07, 6.45) is -0.785. The van der Waals surface area contributed by atoms with E-state index in [4.69, 9.17) is 0 Å². The largest absolute Gasteiger partial charge is 0.367 e. The second kappa shape index (κ2) is 1.15. The molecule has 0 aromatic rings. The SMILES string of the molecule is CC(F)(F)[C@H]1CO1. The van der Waals surface area contributed by atoms with Crippen LogP contribution in [0.15, 0.2) is 0 Å². The fraction of sp³-hybridized carbons (Fsp3) is 1.00. The molecule has 1 nitrogen and oxygen atoms in total. The van der Waals surface area contributed by atoms with Crippen LogP contribution < -0.4 is 0 Å². The molecule has 7 heavy (non-hydrogen) atoms. The van der Waals surface area contributed by atoms with Crippen LogP contribution in [-0.2, 0) is 4.74 Å². The highest BCUT2D eigenvalue weighted by atomic mass is 19.3. The zero-order valence-corrected chi connectivity index (χ0v) is 3.95. The molecule has 0 unspecified atom stereocenters. The lowest BCUT2D eigenvalue weighted by Crippen LogP contribution is -2.17. The zero-order chi connectivity index (χ0) is 5.49. The maximum Gasteiger partial charge on any atom is 0.273 e. The van der Waals surface area contributed by atoms with Crippen molar-refractivity contribution >= 4 is 0 Å². The normalized spacial score (nSPS) is 30.4. The molecular weight excluding hydrogens is 102 g/mol. The van der Waals surface area contributed by atoms with Crippen molar-refractivity contribution < 1.29 is 13.5 Å². The van der Waals surface area contributed by atoms with Crippen LogP contribution in [0.25, 0.3) is 0 Å². The van der Waals surface area contributed by atoms with Gasteiger partial charge in [-0.3, -0.25) is 0 Å². The smallest absolute Gasteiger partial charge is 0.273 e. The Kier molecular flexibility index (Phi) is 0.819. The number of epoxide rings is 1. The van der Waals surface area contributed by atoms with Gasteiger partial charge in [-0.05, 0) is 0 Å². The predicted molar refractivity (Wildman–Crippen MR) is 20.4 cm³/mol. The molecule has 0 amide bonds. The Morgan fingerprint density at radius 2 is 2.14 bits per heavy atom. The highest BCUT2D eigenvalue weighted by Gasteiger charge is 2.44. The topological polar surface area (TPSA) is 12.5 Å². The first-order valence-electron chi connectivity index (χ1n) is 2.10. The maximum absolute atomic E-state index is 11.8. The van der Waals surface area contributed by atoms with Gasteiger partial charge in [-0.1, -0.05) is 0 Å². The molecule has 0 N–H and O–H groups in total. The summed E-state index contributed by atoms with van der Waals surface area (Å²) in [7, 11) is 0. The van der Waals surface area contributed by atoms with E-state index in [9.17, 15) is 8.78 Å². The van der Waals surface area contributed by atoms with Crippen LogP contribution >= 0.6 is 0 Å². The molecule has 1 aliphatic rings. The molecule has 0 spiro atoms. The highest BCUT2D eigenvalue weighted by Crippen LogP contribution is 2.28. The quantitative estimate of drug-likeness (QED) is 0.457. The number of hydrogen-bond acceptors (Lipinski definition) is 1. The summed E-state index contributed by atoms with van der Waals surface area (Å²) in [5.74, 6) is -2.61. The van der Waals surface area contributed by atoms with Crippen molar-refractivity contribution in [3.63, 3.8) is 0 Å². The van der Waals surface area contributed by atoms with E-state index in [0.717, 1.165) is 6.92 Å². The van der Waals surface area contributed by atoms with Gasteiger partial charge in [0, 0.05) is 6.92 Å². The van der Waals surface area contributed by atoms with Gasteiger partial charge in [0.1, 0.15) is 6.10 Å².